The summed E-state index contributed by atoms with van der Waals surface area (Å²) < 4.78 is 1.13. The largest absolute Gasteiger partial charge is 0.336 e. The van der Waals surface area contributed by atoms with E-state index in [1.165, 1.54) is 0 Å². The molecule has 0 spiro atoms. The molecule has 0 aliphatic heterocycles. The fourth-order valence-electron chi connectivity index (χ4n) is 1.41. The van der Waals surface area contributed by atoms with E-state index in [-0.39, 0.29) is 5.91 Å². The number of rotatable bonds is 3. The maximum Gasteiger partial charge on any atom is 0.254 e. The number of carbonyl (C=O) groups excluding carboxylic acids is 1. The van der Waals surface area contributed by atoms with Gasteiger partial charge in [0, 0.05) is 17.3 Å². The lowest BCUT2D eigenvalue weighted by atomic mass is 10.3. The van der Waals surface area contributed by atoms with Crippen LogP contribution in [-0.4, -0.2) is 22.8 Å². The van der Waals surface area contributed by atoms with Crippen molar-refractivity contribution in [1.29, 1.82) is 0 Å². The number of nitrogens with zero attached hydrogens (tertiary/aromatic N) is 2. The van der Waals surface area contributed by atoms with Crippen LogP contribution >= 0.6 is 45.3 Å². The van der Waals surface area contributed by atoms with Gasteiger partial charge in [0.25, 0.3) is 5.91 Å². The third-order valence-electron chi connectivity index (χ3n) is 2.39. The lowest BCUT2D eigenvalue weighted by Crippen LogP contribution is -2.25. The minimum absolute atomic E-state index is 0.0666. The zero-order valence-corrected chi connectivity index (χ0v) is 13.2. The Morgan fingerprint density at radius 2 is 2.29 bits per heavy atom. The minimum atomic E-state index is 0.0666. The first-order valence-electron chi connectivity index (χ1n) is 4.96. The number of thiazole rings is 1. The van der Waals surface area contributed by atoms with Crippen molar-refractivity contribution >= 4 is 51.2 Å². The zero-order valence-electron chi connectivity index (χ0n) is 9.44. The van der Waals surface area contributed by atoms with Gasteiger partial charge in [-0.25, -0.2) is 4.98 Å². The third kappa shape index (κ3) is 3.05. The molecule has 0 atom stereocenters. The molecule has 0 bridgehead atoms. The van der Waals surface area contributed by atoms with E-state index in [1.54, 1.807) is 27.6 Å². The van der Waals surface area contributed by atoms with Crippen LogP contribution in [0.5, 0.6) is 0 Å². The van der Waals surface area contributed by atoms with Crippen molar-refractivity contribution in [2.24, 2.45) is 0 Å². The Kier molecular flexibility index (Phi) is 4.16. The maximum atomic E-state index is 12.1. The van der Waals surface area contributed by atoms with Crippen LogP contribution in [0.25, 0.3) is 0 Å². The molecule has 0 fully saturated rings. The number of thiophene rings is 1. The van der Waals surface area contributed by atoms with E-state index >= 15 is 0 Å². The van der Waals surface area contributed by atoms with Crippen molar-refractivity contribution in [3.05, 3.63) is 36.0 Å². The van der Waals surface area contributed by atoms with Crippen molar-refractivity contribution in [3.63, 3.8) is 0 Å². The molecule has 0 aliphatic carbocycles. The van der Waals surface area contributed by atoms with Gasteiger partial charge in [-0.1, -0.05) is 0 Å². The van der Waals surface area contributed by atoms with E-state index in [9.17, 15) is 4.79 Å². The molecule has 3 nitrogen and oxygen atoms in total. The Bertz CT molecular complexity index is 535. The molecule has 1 amide bonds. The van der Waals surface area contributed by atoms with Gasteiger partial charge in [-0.2, -0.15) is 0 Å². The second-order valence-corrected chi connectivity index (χ2v) is 7.41. The third-order valence-corrected chi connectivity index (χ3v) is 5.10. The molecular formula is C11H11IN2OS2. The SMILES string of the molecule is Cc1ncsc1CN(C)C(=O)c1csc(I)c1. The van der Waals surface area contributed by atoms with Crippen LogP contribution in [0.2, 0.25) is 0 Å². The summed E-state index contributed by atoms with van der Waals surface area (Å²) >= 11 is 5.41. The normalized spacial score (nSPS) is 10.5. The van der Waals surface area contributed by atoms with Crippen molar-refractivity contribution in [2.45, 2.75) is 13.5 Å². The molecule has 90 valence electrons. The highest BCUT2D eigenvalue weighted by Gasteiger charge is 2.15. The molecule has 2 heterocycles. The second kappa shape index (κ2) is 5.45. The summed E-state index contributed by atoms with van der Waals surface area (Å²) in [6, 6.07) is 1.92. The Labute approximate surface area is 122 Å². The molecule has 0 saturated heterocycles. The van der Waals surface area contributed by atoms with E-state index in [0.29, 0.717) is 6.54 Å². The monoisotopic (exact) mass is 378 g/mol. The van der Waals surface area contributed by atoms with E-state index in [1.807, 2.05) is 30.9 Å². The van der Waals surface area contributed by atoms with Crippen molar-refractivity contribution < 1.29 is 4.79 Å². The first kappa shape index (κ1) is 13.0. The number of aryl methyl sites for hydroxylation is 1. The van der Waals surface area contributed by atoms with E-state index < -0.39 is 0 Å². The van der Waals surface area contributed by atoms with Crippen LogP contribution in [0.1, 0.15) is 20.9 Å². The summed E-state index contributed by atoms with van der Waals surface area (Å²) in [7, 11) is 1.83. The Morgan fingerprint density at radius 3 is 2.82 bits per heavy atom. The highest BCUT2D eigenvalue weighted by molar-refractivity contribution is 14.1. The first-order valence-corrected chi connectivity index (χ1v) is 7.80. The lowest BCUT2D eigenvalue weighted by molar-refractivity contribution is 0.0787. The van der Waals surface area contributed by atoms with Crippen molar-refractivity contribution in [3.8, 4) is 0 Å². The summed E-state index contributed by atoms with van der Waals surface area (Å²) in [6.45, 7) is 2.60. The molecule has 2 aromatic rings. The molecule has 0 radical (unpaired) electrons. The molecule has 0 unspecified atom stereocenters. The van der Waals surface area contributed by atoms with E-state index in [2.05, 4.69) is 27.6 Å². The number of aromatic nitrogens is 1. The Balaban J connectivity index is 2.08. The van der Waals surface area contributed by atoms with E-state index in [4.69, 9.17) is 0 Å². The number of carbonyl (C=O) groups is 1. The standard InChI is InChI=1S/C11H11IN2OS2/c1-7-9(17-6-13-7)4-14(2)11(15)8-3-10(12)16-5-8/h3,5-6H,4H2,1-2H3. The summed E-state index contributed by atoms with van der Waals surface area (Å²) in [5.41, 5.74) is 3.59. The minimum Gasteiger partial charge on any atom is -0.336 e. The Morgan fingerprint density at radius 1 is 1.53 bits per heavy atom. The molecule has 0 saturated carbocycles. The van der Waals surface area contributed by atoms with Gasteiger partial charge >= 0.3 is 0 Å². The smallest absolute Gasteiger partial charge is 0.254 e. The molecular weight excluding hydrogens is 367 g/mol. The van der Waals surface area contributed by atoms with Crippen molar-refractivity contribution in [2.75, 3.05) is 7.05 Å². The summed E-state index contributed by atoms with van der Waals surface area (Å²) in [5, 5.41) is 1.90. The quantitative estimate of drug-likeness (QED) is 0.768. The highest BCUT2D eigenvalue weighted by Crippen LogP contribution is 2.20. The van der Waals surface area contributed by atoms with Crippen LogP contribution in [0.3, 0.4) is 0 Å². The zero-order chi connectivity index (χ0) is 12.4. The fourth-order valence-corrected chi connectivity index (χ4v) is 3.56. The second-order valence-electron chi connectivity index (χ2n) is 3.66. The van der Waals surface area contributed by atoms with Gasteiger partial charge in [-0.05, 0) is 35.6 Å². The number of amides is 1. The Hall–Kier alpha value is -0.470. The molecule has 2 rings (SSSR count). The highest BCUT2D eigenvalue weighted by atomic mass is 127. The van der Waals surface area contributed by atoms with Gasteiger partial charge in [0.2, 0.25) is 0 Å². The van der Waals surface area contributed by atoms with Crippen LogP contribution < -0.4 is 0 Å². The number of hydrogen-bond acceptors (Lipinski definition) is 4. The summed E-state index contributed by atoms with van der Waals surface area (Å²) in [5.74, 6) is 0.0666. The molecule has 0 aliphatic rings. The van der Waals surface area contributed by atoms with Gasteiger partial charge < -0.3 is 4.90 Å². The fraction of sp³-hybridized carbons (Fsp3) is 0.273. The van der Waals surface area contributed by atoms with E-state index in [0.717, 1.165) is 19.0 Å². The predicted octanol–water partition coefficient (Wildman–Crippen LogP) is 3.39. The van der Waals surface area contributed by atoms with Gasteiger partial charge in [0.15, 0.2) is 0 Å². The van der Waals surface area contributed by atoms with Crippen LogP contribution in [0, 0.1) is 9.81 Å². The van der Waals surface area contributed by atoms with Gasteiger partial charge in [0.05, 0.1) is 26.2 Å². The van der Waals surface area contributed by atoms with Gasteiger partial charge in [-0.3, -0.25) is 4.79 Å². The van der Waals surface area contributed by atoms with Crippen LogP contribution in [-0.2, 0) is 6.54 Å². The van der Waals surface area contributed by atoms with Crippen LogP contribution in [0.15, 0.2) is 17.0 Å². The first-order chi connectivity index (χ1) is 8.08. The summed E-state index contributed by atoms with van der Waals surface area (Å²) in [6.07, 6.45) is 0. The van der Waals surface area contributed by atoms with Gasteiger partial charge in [0.1, 0.15) is 0 Å². The average molecular weight is 378 g/mol. The van der Waals surface area contributed by atoms with Gasteiger partial charge in [-0.15, -0.1) is 22.7 Å². The lowest BCUT2D eigenvalue weighted by Gasteiger charge is -2.15. The predicted molar refractivity (Wildman–Crippen MR) is 79.7 cm³/mol. The molecule has 0 aromatic carbocycles. The topological polar surface area (TPSA) is 33.2 Å². The molecule has 0 N–H and O–H groups in total. The molecule has 17 heavy (non-hydrogen) atoms. The molecule has 6 heteroatoms. The summed E-state index contributed by atoms with van der Waals surface area (Å²) in [4.78, 5) is 19.2. The van der Waals surface area contributed by atoms with Crippen LogP contribution in [0.4, 0.5) is 0 Å². The molecule has 2 aromatic heterocycles. The van der Waals surface area contributed by atoms with Crippen molar-refractivity contribution in [1.82, 2.24) is 9.88 Å². The average Bonchev–Trinajstić information content (AvgIpc) is 2.88. The number of hydrogen-bond donors (Lipinski definition) is 0. The number of halogens is 1. The maximum absolute atomic E-state index is 12.1.